The average molecular weight is 885 g/mol. The number of aromatic nitrogens is 3. The molecule has 2 bridgehead atoms. The molecule has 4 heteroatoms. The molecule has 0 saturated carbocycles. The number of anilines is 1. The molecule has 3 unspecified atom stereocenters. The first kappa shape index (κ1) is 40.7. The van der Waals surface area contributed by atoms with Gasteiger partial charge in [0.2, 0.25) is 0 Å². The summed E-state index contributed by atoms with van der Waals surface area (Å²) >= 11 is 0. The fourth-order valence-corrected chi connectivity index (χ4v) is 10.9. The Bertz CT molecular complexity index is 3690. The summed E-state index contributed by atoms with van der Waals surface area (Å²) in [4.78, 5) is 12.8. The zero-order valence-corrected chi connectivity index (χ0v) is 38.1. The summed E-state index contributed by atoms with van der Waals surface area (Å²) in [7, 11) is 0. The topological polar surface area (TPSA) is 34.0 Å². The quantitative estimate of drug-likeness (QED) is 0.152. The van der Waals surface area contributed by atoms with Crippen molar-refractivity contribution < 1.29 is 0 Å². The number of allylic oxidation sites excluding steroid dienone is 11. The van der Waals surface area contributed by atoms with Gasteiger partial charge in [-0.2, -0.15) is 0 Å². The van der Waals surface area contributed by atoms with Crippen LogP contribution in [0, 0.1) is 0 Å². The molecule has 7 aromatic carbocycles. The van der Waals surface area contributed by atoms with E-state index in [1.54, 1.807) is 0 Å². The van der Waals surface area contributed by atoms with Gasteiger partial charge in [-0.3, -0.25) is 0 Å². The Kier molecular flexibility index (Phi) is 10.2. The fraction of sp³-hybridized carbons (Fsp3) is 0.0769. The van der Waals surface area contributed by atoms with Crippen LogP contribution in [0.25, 0.3) is 72.4 Å². The number of para-hydroxylation sites is 3. The Labute approximate surface area is 403 Å². The summed E-state index contributed by atoms with van der Waals surface area (Å²) in [6.07, 6.45) is 27.0. The van der Waals surface area contributed by atoms with E-state index in [0.717, 1.165) is 46.7 Å². The van der Waals surface area contributed by atoms with Gasteiger partial charge in [0.05, 0.1) is 28.5 Å². The first-order valence-corrected chi connectivity index (χ1v) is 24.1. The highest BCUT2D eigenvalue weighted by Crippen LogP contribution is 2.45. The van der Waals surface area contributed by atoms with Crippen molar-refractivity contribution in [1.29, 1.82) is 0 Å². The van der Waals surface area contributed by atoms with Gasteiger partial charge in [0.25, 0.3) is 0 Å². The number of nitrogens with zero attached hydrogens (tertiary/aromatic N) is 4. The zero-order valence-electron chi connectivity index (χ0n) is 38.1. The van der Waals surface area contributed by atoms with Gasteiger partial charge < -0.3 is 9.47 Å². The number of fused-ring (bicyclic) bond motifs is 6. The average Bonchev–Trinajstić information content (AvgIpc) is 3.64. The second-order valence-electron chi connectivity index (χ2n) is 18.5. The molecule has 0 N–H and O–H groups in total. The van der Waals surface area contributed by atoms with Crippen LogP contribution in [0.1, 0.15) is 47.1 Å². The number of hydrogen-bond donors (Lipinski definition) is 0. The summed E-state index contributed by atoms with van der Waals surface area (Å²) < 4.78 is 2.39. The van der Waals surface area contributed by atoms with Crippen LogP contribution in [0.4, 0.5) is 5.69 Å². The number of hydrogen-bond acceptors (Lipinski definition) is 3. The molecule has 9 aromatic rings. The molecule has 0 saturated heterocycles. The van der Waals surface area contributed by atoms with Gasteiger partial charge in [-0.1, -0.05) is 182 Å². The predicted octanol–water partition coefficient (Wildman–Crippen LogP) is 16.0. The van der Waals surface area contributed by atoms with Crippen molar-refractivity contribution in [3.63, 3.8) is 0 Å². The minimum atomic E-state index is 0.136. The van der Waals surface area contributed by atoms with E-state index in [2.05, 4.69) is 252 Å². The summed E-state index contributed by atoms with van der Waals surface area (Å²) in [5, 5.41) is 2.52. The molecule has 0 fully saturated rings. The van der Waals surface area contributed by atoms with E-state index in [0.29, 0.717) is 0 Å². The largest absolute Gasteiger partial charge is 0.334 e. The molecule has 1 aliphatic heterocycles. The third-order valence-corrected chi connectivity index (χ3v) is 14.3. The van der Waals surface area contributed by atoms with Gasteiger partial charge in [-0.25, -0.2) is 9.97 Å². The number of benzene rings is 7. The van der Waals surface area contributed by atoms with Crippen LogP contribution in [-0.2, 0) is 0 Å². The van der Waals surface area contributed by atoms with Gasteiger partial charge in [-0.05, 0) is 119 Å². The third-order valence-electron chi connectivity index (χ3n) is 14.3. The van der Waals surface area contributed by atoms with Crippen LogP contribution in [0.3, 0.4) is 0 Å². The molecule has 0 amide bonds. The predicted molar refractivity (Wildman–Crippen MR) is 287 cm³/mol. The van der Waals surface area contributed by atoms with Crippen LogP contribution in [0.5, 0.6) is 0 Å². The van der Waals surface area contributed by atoms with Gasteiger partial charge in [0.1, 0.15) is 0 Å². The lowest BCUT2D eigenvalue weighted by Gasteiger charge is -2.39. The lowest BCUT2D eigenvalue weighted by molar-refractivity contribution is 0.752. The molecule has 3 heterocycles. The van der Waals surface area contributed by atoms with Gasteiger partial charge in [0, 0.05) is 50.8 Å². The molecule has 4 aliphatic rings. The van der Waals surface area contributed by atoms with Crippen molar-refractivity contribution in [2.45, 2.75) is 30.7 Å². The van der Waals surface area contributed by atoms with E-state index in [-0.39, 0.29) is 17.9 Å². The second-order valence-corrected chi connectivity index (χ2v) is 18.5. The van der Waals surface area contributed by atoms with E-state index in [9.17, 15) is 0 Å². The maximum atomic E-state index is 5.15. The monoisotopic (exact) mass is 884 g/mol. The van der Waals surface area contributed by atoms with Crippen LogP contribution in [0.2, 0.25) is 0 Å². The van der Waals surface area contributed by atoms with Crippen LogP contribution >= 0.6 is 0 Å². The Morgan fingerprint density at radius 2 is 1.25 bits per heavy atom. The Morgan fingerprint density at radius 3 is 2.10 bits per heavy atom. The van der Waals surface area contributed by atoms with Gasteiger partial charge >= 0.3 is 0 Å². The molecule has 4 nitrogen and oxygen atoms in total. The molecule has 69 heavy (non-hydrogen) atoms. The van der Waals surface area contributed by atoms with Crippen LogP contribution < -0.4 is 4.90 Å². The molecule has 0 radical (unpaired) electrons. The highest BCUT2D eigenvalue weighted by Gasteiger charge is 2.31. The normalized spacial score (nSPS) is 18.2. The molecular formula is C65H48N4. The fourth-order valence-electron chi connectivity index (χ4n) is 10.9. The van der Waals surface area contributed by atoms with E-state index in [1.807, 2.05) is 6.07 Å². The molecule has 2 aromatic heterocycles. The van der Waals surface area contributed by atoms with E-state index in [1.165, 1.54) is 72.3 Å². The van der Waals surface area contributed by atoms with Crippen molar-refractivity contribution >= 4 is 38.6 Å². The van der Waals surface area contributed by atoms with Crippen LogP contribution in [0.15, 0.2) is 255 Å². The Morgan fingerprint density at radius 1 is 0.507 bits per heavy atom. The first-order chi connectivity index (χ1) is 34.2. The summed E-state index contributed by atoms with van der Waals surface area (Å²) in [6, 6.07) is 65.9. The van der Waals surface area contributed by atoms with E-state index in [4.69, 9.17) is 9.97 Å². The third kappa shape index (κ3) is 7.51. The lowest BCUT2D eigenvalue weighted by atomic mass is 9.87. The molecular weight excluding hydrogens is 837 g/mol. The lowest BCUT2D eigenvalue weighted by Crippen LogP contribution is -2.36. The standard InChI is InChI=1S/C65H48N4/c1-4-17-44(18-5-1)60-43-61(67-65(66-60)45-19-6-2-7-20-45)52-25-15-23-48(38-52)46-21-14-22-47(37-46)49-24-16-28-55(40-49)68-56-35-33-50(39-53(41-56)57-29-10-12-31-62(57)68)51-34-36-64-59(42-51)58-30-11-13-32-63(58)69(64)54-26-8-3-9-27-54/h1-17,19-39,41-44,53,55H,18,40H2. The van der Waals surface area contributed by atoms with E-state index >= 15 is 0 Å². The molecule has 0 spiro atoms. The summed E-state index contributed by atoms with van der Waals surface area (Å²) in [5.41, 5.74) is 18.9. The Hall–Kier alpha value is -8.60. The highest BCUT2D eigenvalue weighted by atomic mass is 15.2. The smallest absolute Gasteiger partial charge is 0.160 e. The first-order valence-electron chi connectivity index (χ1n) is 24.1. The maximum absolute atomic E-state index is 5.15. The SMILES string of the molecule is C1=CCC(c2cc(-c3cccc(-c4cccc(C5=CC=CC(N6C7=CC(C=C(c8ccc9c(c8)c8ccccc8n9-c8ccccc8)C=C7)c7ccccc76)C5)c4)c3)nc(-c3ccccc3)n2)C=C1. The molecule has 3 atom stereocenters. The minimum Gasteiger partial charge on any atom is -0.334 e. The van der Waals surface area contributed by atoms with Gasteiger partial charge in [0.15, 0.2) is 5.82 Å². The summed E-state index contributed by atoms with van der Waals surface area (Å²) in [6.45, 7) is 0. The minimum absolute atomic E-state index is 0.136. The second kappa shape index (κ2) is 17.2. The van der Waals surface area contributed by atoms with Gasteiger partial charge in [-0.15, -0.1) is 0 Å². The van der Waals surface area contributed by atoms with Crippen molar-refractivity contribution in [1.82, 2.24) is 14.5 Å². The molecule has 3 aliphatic carbocycles. The van der Waals surface area contributed by atoms with Crippen molar-refractivity contribution in [3.8, 4) is 39.5 Å². The molecule has 328 valence electrons. The van der Waals surface area contributed by atoms with Crippen LogP contribution in [-0.4, -0.2) is 20.6 Å². The number of rotatable bonds is 8. The van der Waals surface area contributed by atoms with Crippen molar-refractivity contribution in [3.05, 3.63) is 277 Å². The van der Waals surface area contributed by atoms with E-state index < -0.39 is 0 Å². The zero-order chi connectivity index (χ0) is 45.7. The highest BCUT2D eigenvalue weighted by molar-refractivity contribution is 6.10. The van der Waals surface area contributed by atoms with Crippen molar-refractivity contribution in [2.75, 3.05) is 4.90 Å². The van der Waals surface area contributed by atoms with Crippen molar-refractivity contribution in [2.24, 2.45) is 0 Å². The maximum Gasteiger partial charge on any atom is 0.160 e. The Balaban J connectivity index is 0.794. The molecule has 13 rings (SSSR count). The summed E-state index contributed by atoms with van der Waals surface area (Å²) in [5.74, 6) is 1.12.